The van der Waals surface area contributed by atoms with Crippen molar-refractivity contribution in [3.8, 4) is 0 Å². The van der Waals surface area contributed by atoms with Crippen molar-refractivity contribution < 1.29 is 0 Å². The van der Waals surface area contributed by atoms with Crippen molar-refractivity contribution in [3.05, 3.63) is 65.2 Å². The number of hydrogen-bond acceptors (Lipinski definition) is 2. The Morgan fingerprint density at radius 1 is 1.00 bits per heavy atom. The third-order valence-corrected chi connectivity index (χ3v) is 3.23. The van der Waals surface area contributed by atoms with Crippen LogP contribution >= 0.6 is 0 Å². The molecular formula is C17H21N3. The van der Waals surface area contributed by atoms with Gasteiger partial charge in [-0.25, -0.2) is 0 Å². The Balaban J connectivity index is 2.08. The van der Waals surface area contributed by atoms with Crippen LogP contribution in [0.25, 0.3) is 0 Å². The van der Waals surface area contributed by atoms with E-state index >= 15 is 0 Å². The first kappa shape index (κ1) is 14.1. The Bertz CT molecular complexity index is 581. The largest absolute Gasteiger partial charge is 0.383 e. The molecule has 20 heavy (non-hydrogen) atoms. The van der Waals surface area contributed by atoms with Crippen LogP contribution in [0.2, 0.25) is 0 Å². The number of aryl methyl sites for hydroxylation is 1. The highest BCUT2D eigenvalue weighted by molar-refractivity contribution is 5.97. The van der Waals surface area contributed by atoms with Crippen molar-refractivity contribution in [1.29, 1.82) is 0 Å². The van der Waals surface area contributed by atoms with E-state index in [1.807, 2.05) is 38.4 Å². The predicted octanol–water partition coefficient (Wildman–Crippen LogP) is 2.97. The molecule has 0 saturated carbocycles. The first-order chi connectivity index (χ1) is 9.56. The highest BCUT2D eigenvalue weighted by atomic mass is 15.1. The smallest absolute Gasteiger partial charge is 0.125 e. The zero-order valence-electron chi connectivity index (χ0n) is 12.3. The molecule has 0 spiro atoms. The van der Waals surface area contributed by atoms with Gasteiger partial charge in [0.05, 0.1) is 6.54 Å². The molecule has 3 nitrogen and oxygen atoms in total. The van der Waals surface area contributed by atoms with Crippen molar-refractivity contribution in [3.63, 3.8) is 0 Å². The van der Waals surface area contributed by atoms with Gasteiger partial charge in [0.1, 0.15) is 5.84 Å². The topological polar surface area (TPSA) is 41.6 Å². The van der Waals surface area contributed by atoms with Gasteiger partial charge in [-0.2, -0.15) is 0 Å². The highest BCUT2D eigenvalue weighted by Gasteiger charge is 2.00. The minimum Gasteiger partial charge on any atom is -0.383 e. The summed E-state index contributed by atoms with van der Waals surface area (Å²) < 4.78 is 0. The van der Waals surface area contributed by atoms with Crippen LogP contribution in [-0.4, -0.2) is 19.9 Å². The predicted molar refractivity (Wildman–Crippen MR) is 86.4 cm³/mol. The van der Waals surface area contributed by atoms with Crippen molar-refractivity contribution >= 4 is 11.5 Å². The quantitative estimate of drug-likeness (QED) is 0.683. The van der Waals surface area contributed by atoms with E-state index in [1.54, 1.807) is 0 Å². The number of nitrogens with two attached hydrogens (primary N) is 1. The van der Waals surface area contributed by atoms with Gasteiger partial charge in [0.2, 0.25) is 0 Å². The van der Waals surface area contributed by atoms with Gasteiger partial charge in [-0.3, -0.25) is 4.99 Å². The lowest BCUT2D eigenvalue weighted by molar-refractivity contribution is 1.06. The summed E-state index contributed by atoms with van der Waals surface area (Å²) >= 11 is 0. The molecule has 0 radical (unpaired) electrons. The molecule has 0 saturated heterocycles. The van der Waals surface area contributed by atoms with Gasteiger partial charge in [-0.1, -0.05) is 29.8 Å². The molecule has 0 unspecified atom stereocenters. The van der Waals surface area contributed by atoms with Gasteiger partial charge in [0, 0.05) is 25.3 Å². The lowest BCUT2D eigenvalue weighted by Crippen LogP contribution is -2.14. The summed E-state index contributed by atoms with van der Waals surface area (Å²) in [5.74, 6) is 0.580. The van der Waals surface area contributed by atoms with Crippen molar-refractivity contribution in [2.24, 2.45) is 10.7 Å². The summed E-state index contributed by atoms with van der Waals surface area (Å²) in [7, 11) is 4.04. The molecule has 0 heterocycles. The molecule has 2 aromatic rings. The van der Waals surface area contributed by atoms with E-state index in [-0.39, 0.29) is 0 Å². The molecule has 0 bridgehead atoms. The van der Waals surface area contributed by atoms with Crippen LogP contribution in [0.1, 0.15) is 16.7 Å². The third-order valence-electron chi connectivity index (χ3n) is 3.23. The fraction of sp³-hybridized carbons (Fsp3) is 0.235. The lowest BCUT2D eigenvalue weighted by Gasteiger charge is -2.12. The average molecular weight is 267 g/mol. The van der Waals surface area contributed by atoms with Gasteiger partial charge in [-0.05, 0) is 36.8 Å². The molecule has 0 aliphatic rings. The van der Waals surface area contributed by atoms with Crippen molar-refractivity contribution in [2.75, 3.05) is 19.0 Å². The van der Waals surface area contributed by atoms with Gasteiger partial charge < -0.3 is 10.6 Å². The van der Waals surface area contributed by atoms with Crippen LogP contribution in [0.15, 0.2) is 53.5 Å². The number of aliphatic imine (C=N–C) groups is 1. The molecular weight excluding hydrogens is 246 g/mol. The summed E-state index contributed by atoms with van der Waals surface area (Å²) in [5, 5.41) is 0. The zero-order valence-corrected chi connectivity index (χ0v) is 12.3. The molecule has 0 amide bonds. The normalized spacial score (nSPS) is 11.4. The van der Waals surface area contributed by atoms with Crippen LogP contribution in [0.3, 0.4) is 0 Å². The molecule has 3 heteroatoms. The summed E-state index contributed by atoms with van der Waals surface area (Å²) in [4.78, 5) is 6.51. The maximum Gasteiger partial charge on any atom is 0.125 e. The second kappa shape index (κ2) is 6.24. The highest BCUT2D eigenvalue weighted by Crippen LogP contribution is 2.12. The first-order valence-electron chi connectivity index (χ1n) is 6.69. The van der Waals surface area contributed by atoms with Crippen LogP contribution in [0.5, 0.6) is 0 Å². The Kier molecular flexibility index (Phi) is 4.41. The second-order valence-corrected chi connectivity index (χ2v) is 5.13. The standard InChI is InChI=1S/C17H21N3/c1-13-4-6-14(7-5-13)12-19-17(18)15-8-10-16(11-9-15)20(2)3/h4-11H,12H2,1-3H3,(H2,18,19). The number of hydrogen-bond donors (Lipinski definition) is 1. The molecule has 0 atom stereocenters. The summed E-state index contributed by atoms with van der Waals surface area (Å²) in [5.41, 5.74) is 10.6. The Hall–Kier alpha value is -2.29. The maximum absolute atomic E-state index is 6.04. The minimum absolute atomic E-state index is 0.580. The van der Waals surface area contributed by atoms with Gasteiger partial charge in [-0.15, -0.1) is 0 Å². The summed E-state index contributed by atoms with van der Waals surface area (Å²) in [6.45, 7) is 2.69. The molecule has 0 aliphatic heterocycles. The molecule has 2 N–H and O–H groups in total. The Labute approximate surface area is 120 Å². The van der Waals surface area contributed by atoms with E-state index in [2.05, 4.69) is 41.1 Å². The molecule has 2 rings (SSSR count). The number of benzene rings is 2. The zero-order chi connectivity index (χ0) is 14.5. The second-order valence-electron chi connectivity index (χ2n) is 5.13. The first-order valence-corrected chi connectivity index (χ1v) is 6.69. The molecule has 0 aliphatic carbocycles. The Morgan fingerprint density at radius 2 is 1.60 bits per heavy atom. The monoisotopic (exact) mass is 267 g/mol. The molecule has 0 aromatic heterocycles. The molecule has 2 aromatic carbocycles. The van der Waals surface area contributed by atoms with Crippen molar-refractivity contribution in [1.82, 2.24) is 0 Å². The average Bonchev–Trinajstić information content (AvgIpc) is 2.46. The number of rotatable bonds is 4. The Morgan fingerprint density at radius 3 is 2.15 bits per heavy atom. The SMILES string of the molecule is Cc1ccc(CN=C(N)c2ccc(N(C)C)cc2)cc1. The van der Waals surface area contributed by atoms with Crippen LogP contribution < -0.4 is 10.6 Å². The van der Waals surface area contributed by atoms with Gasteiger partial charge >= 0.3 is 0 Å². The van der Waals surface area contributed by atoms with Crippen LogP contribution in [0, 0.1) is 6.92 Å². The fourth-order valence-corrected chi connectivity index (χ4v) is 1.89. The van der Waals surface area contributed by atoms with E-state index in [1.165, 1.54) is 11.1 Å². The fourth-order valence-electron chi connectivity index (χ4n) is 1.89. The maximum atomic E-state index is 6.04. The van der Waals surface area contributed by atoms with Gasteiger partial charge in [0.15, 0.2) is 0 Å². The third kappa shape index (κ3) is 3.60. The van der Waals surface area contributed by atoms with Crippen LogP contribution in [-0.2, 0) is 6.54 Å². The summed E-state index contributed by atoms with van der Waals surface area (Å²) in [6, 6.07) is 16.4. The van der Waals surface area contributed by atoms with Crippen molar-refractivity contribution in [2.45, 2.75) is 13.5 Å². The molecule has 104 valence electrons. The minimum atomic E-state index is 0.580. The van der Waals surface area contributed by atoms with E-state index in [0.29, 0.717) is 12.4 Å². The van der Waals surface area contributed by atoms with E-state index in [4.69, 9.17) is 5.73 Å². The molecule has 0 fully saturated rings. The van der Waals surface area contributed by atoms with E-state index < -0.39 is 0 Å². The number of amidine groups is 1. The number of anilines is 1. The van der Waals surface area contributed by atoms with E-state index in [9.17, 15) is 0 Å². The number of nitrogens with zero attached hydrogens (tertiary/aromatic N) is 2. The lowest BCUT2D eigenvalue weighted by atomic mass is 10.1. The van der Waals surface area contributed by atoms with E-state index in [0.717, 1.165) is 11.3 Å². The summed E-state index contributed by atoms with van der Waals surface area (Å²) in [6.07, 6.45) is 0. The van der Waals surface area contributed by atoms with Gasteiger partial charge in [0.25, 0.3) is 0 Å². The van der Waals surface area contributed by atoms with Crippen LogP contribution in [0.4, 0.5) is 5.69 Å².